The molecule has 2 heterocycles. The molecular weight excluding hydrogens is 208 g/mol. The Hall–Kier alpha value is -1.03. The molecular formula is C11H16N2OS. The molecule has 0 aliphatic carbocycles. The first kappa shape index (κ1) is 10.5. The molecule has 2 rings (SSSR count). The summed E-state index contributed by atoms with van der Waals surface area (Å²) in [5.74, 6) is 0.187. The van der Waals surface area contributed by atoms with Crippen LogP contribution in [0, 0.1) is 0 Å². The van der Waals surface area contributed by atoms with E-state index in [0.717, 1.165) is 29.3 Å². The molecule has 0 aromatic carbocycles. The Balaban J connectivity index is 2.13. The number of nitrogens with zero attached hydrogens (tertiary/aromatic N) is 1. The normalized spacial score (nSPS) is 20.7. The maximum atomic E-state index is 12.1. The average molecular weight is 224 g/mol. The van der Waals surface area contributed by atoms with Gasteiger partial charge in [0.05, 0.1) is 9.88 Å². The van der Waals surface area contributed by atoms with E-state index in [1.165, 1.54) is 11.3 Å². The van der Waals surface area contributed by atoms with Gasteiger partial charge in [0.2, 0.25) is 0 Å². The largest absolute Gasteiger partial charge is 0.380 e. The van der Waals surface area contributed by atoms with Crippen molar-refractivity contribution in [1.29, 1.82) is 0 Å². The predicted molar refractivity (Wildman–Crippen MR) is 63.6 cm³/mol. The second-order valence-electron chi connectivity index (χ2n) is 3.90. The summed E-state index contributed by atoms with van der Waals surface area (Å²) in [7, 11) is 1.87. The zero-order valence-electron chi connectivity index (χ0n) is 9.12. The van der Waals surface area contributed by atoms with Crippen molar-refractivity contribution in [2.75, 3.05) is 18.9 Å². The average Bonchev–Trinajstić information content (AvgIpc) is 2.84. The Kier molecular flexibility index (Phi) is 2.95. The molecule has 0 spiro atoms. The summed E-state index contributed by atoms with van der Waals surface area (Å²) >= 11 is 1.53. The highest BCUT2D eigenvalue weighted by Gasteiger charge is 2.26. The van der Waals surface area contributed by atoms with Crippen molar-refractivity contribution in [2.45, 2.75) is 25.8 Å². The van der Waals surface area contributed by atoms with E-state index in [0.29, 0.717) is 6.04 Å². The molecule has 3 nitrogen and oxygen atoms in total. The van der Waals surface area contributed by atoms with Gasteiger partial charge in [0, 0.05) is 19.6 Å². The molecule has 1 fully saturated rings. The lowest BCUT2D eigenvalue weighted by Gasteiger charge is -2.20. The standard InChI is InChI=1S/C11H16N2OS/c1-8-4-3-7-13(8)11(14)9-5-6-10(12-2)15-9/h5-6,8,12H,3-4,7H2,1-2H3. The molecule has 1 amide bonds. The Morgan fingerprint density at radius 2 is 2.40 bits per heavy atom. The van der Waals surface area contributed by atoms with Crippen LogP contribution in [0.3, 0.4) is 0 Å². The SMILES string of the molecule is CNc1ccc(C(=O)N2CCCC2C)s1. The molecule has 1 N–H and O–H groups in total. The molecule has 1 atom stereocenters. The molecule has 15 heavy (non-hydrogen) atoms. The van der Waals surface area contributed by atoms with Crippen molar-refractivity contribution >= 4 is 22.2 Å². The van der Waals surface area contributed by atoms with E-state index in [-0.39, 0.29) is 5.91 Å². The highest BCUT2D eigenvalue weighted by molar-refractivity contribution is 7.17. The van der Waals surface area contributed by atoms with Crippen molar-refractivity contribution < 1.29 is 4.79 Å². The summed E-state index contributed by atoms with van der Waals surface area (Å²) in [6, 6.07) is 4.26. The number of carbonyl (C=O) groups excluding carboxylic acids is 1. The van der Waals surface area contributed by atoms with Crippen molar-refractivity contribution in [1.82, 2.24) is 4.90 Å². The van der Waals surface area contributed by atoms with Gasteiger partial charge in [-0.25, -0.2) is 0 Å². The zero-order chi connectivity index (χ0) is 10.8. The van der Waals surface area contributed by atoms with E-state index in [1.807, 2.05) is 24.1 Å². The molecule has 0 saturated carbocycles. The van der Waals surface area contributed by atoms with Crippen molar-refractivity contribution in [3.63, 3.8) is 0 Å². The Morgan fingerprint density at radius 1 is 1.60 bits per heavy atom. The lowest BCUT2D eigenvalue weighted by molar-refractivity contribution is 0.0752. The smallest absolute Gasteiger partial charge is 0.264 e. The molecule has 1 aliphatic heterocycles. The lowest BCUT2D eigenvalue weighted by atomic mass is 10.2. The highest BCUT2D eigenvalue weighted by Crippen LogP contribution is 2.26. The Labute approximate surface area is 94.1 Å². The van der Waals surface area contributed by atoms with Crippen LogP contribution in [-0.2, 0) is 0 Å². The summed E-state index contributed by atoms with van der Waals surface area (Å²) in [6.07, 6.45) is 2.27. The van der Waals surface area contributed by atoms with Crippen LogP contribution >= 0.6 is 11.3 Å². The van der Waals surface area contributed by atoms with Crippen molar-refractivity contribution in [2.24, 2.45) is 0 Å². The van der Waals surface area contributed by atoms with Gasteiger partial charge < -0.3 is 10.2 Å². The van der Waals surface area contributed by atoms with E-state index in [9.17, 15) is 4.79 Å². The van der Waals surface area contributed by atoms with Crippen molar-refractivity contribution in [3.8, 4) is 0 Å². The topological polar surface area (TPSA) is 32.3 Å². The van der Waals surface area contributed by atoms with E-state index in [4.69, 9.17) is 0 Å². The maximum absolute atomic E-state index is 12.1. The van der Waals surface area contributed by atoms with E-state index in [2.05, 4.69) is 12.2 Å². The fourth-order valence-corrected chi connectivity index (χ4v) is 2.78. The molecule has 0 bridgehead atoms. The Morgan fingerprint density at radius 3 is 2.93 bits per heavy atom. The first-order valence-electron chi connectivity index (χ1n) is 5.31. The molecule has 1 aromatic rings. The number of rotatable bonds is 2. The first-order chi connectivity index (χ1) is 7.22. The lowest BCUT2D eigenvalue weighted by Crippen LogP contribution is -2.32. The quantitative estimate of drug-likeness (QED) is 0.836. The van der Waals surface area contributed by atoms with Gasteiger partial charge in [0.25, 0.3) is 5.91 Å². The second kappa shape index (κ2) is 4.23. The summed E-state index contributed by atoms with van der Waals surface area (Å²) in [5.41, 5.74) is 0. The van der Waals surface area contributed by atoms with Gasteiger partial charge >= 0.3 is 0 Å². The fourth-order valence-electron chi connectivity index (χ4n) is 1.96. The molecule has 4 heteroatoms. The van der Waals surface area contributed by atoms with E-state index < -0.39 is 0 Å². The number of hydrogen-bond acceptors (Lipinski definition) is 3. The van der Waals surface area contributed by atoms with Crippen LogP contribution in [0.1, 0.15) is 29.4 Å². The first-order valence-corrected chi connectivity index (χ1v) is 6.12. The minimum Gasteiger partial charge on any atom is -0.380 e. The number of carbonyl (C=O) groups is 1. The molecule has 0 radical (unpaired) electrons. The minimum atomic E-state index is 0.187. The van der Waals surface area contributed by atoms with Crippen LogP contribution in [0.2, 0.25) is 0 Å². The van der Waals surface area contributed by atoms with Crippen LogP contribution in [0.4, 0.5) is 5.00 Å². The highest BCUT2D eigenvalue weighted by atomic mass is 32.1. The van der Waals surface area contributed by atoms with Crippen molar-refractivity contribution in [3.05, 3.63) is 17.0 Å². The zero-order valence-corrected chi connectivity index (χ0v) is 9.93. The van der Waals surface area contributed by atoms with E-state index >= 15 is 0 Å². The fraction of sp³-hybridized carbons (Fsp3) is 0.545. The number of thiophene rings is 1. The summed E-state index contributed by atoms with van der Waals surface area (Å²) < 4.78 is 0. The molecule has 82 valence electrons. The summed E-state index contributed by atoms with van der Waals surface area (Å²) in [4.78, 5) is 14.9. The number of hydrogen-bond donors (Lipinski definition) is 1. The van der Waals surface area contributed by atoms with Gasteiger partial charge in [-0.3, -0.25) is 4.79 Å². The summed E-state index contributed by atoms with van der Waals surface area (Å²) in [5, 5.41) is 4.10. The van der Waals surface area contributed by atoms with E-state index in [1.54, 1.807) is 0 Å². The van der Waals surface area contributed by atoms with Crippen LogP contribution in [0.5, 0.6) is 0 Å². The van der Waals surface area contributed by atoms with Crippen LogP contribution < -0.4 is 5.32 Å². The number of anilines is 1. The van der Waals surface area contributed by atoms with Crippen LogP contribution in [0.15, 0.2) is 12.1 Å². The number of nitrogens with one attached hydrogen (secondary N) is 1. The number of likely N-dealkylation sites (tertiary alicyclic amines) is 1. The van der Waals surface area contributed by atoms with Gasteiger partial charge in [0.1, 0.15) is 0 Å². The minimum absolute atomic E-state index is 0.187. The van der Waals surface area contributed by atoms with Gasteiger partial charge in [-0.1, -0.05) is 0 Å². The van der Waals surface area contributed by atoms with Gasteiger partial charge in [-0.15, -0.1) is 11.3 Å². The third kappa shape index (κ3) is 2.00. The van der Waals surface area contributed by atoms with Crippen LogP contribution in [-0.4, -0.2) is 30.4 Å². The maximum Gasteiger partial charge on any atom is 0.264 e. The molecule has 1 saturated heterocycles. The second-order valence-corrected chi connectivity index (χ2v) is 4.99. The predicted octanol–water partition coefficient (Wildman–Crippen LogP) is 2.41. The third-order valence-electron chi connectivity index (χ3n) is 2.88. The monoisotopic (exact) mass is 224 g/mol. The Bertz CT molecular complexity index is 361. The molecule has 1 aliphatic rings. The molecule has 1 aromatic heterocycles. The van der Waals surface area contributed by atoms with Gasteiger partial charge in [-0.2, -0.15) is 0 Å². The van der Waals surface area contributed by atoms with Gasteiger partial charge in [0.15, 0.2) is 0 Å². The number of amides is 1. The molecule has 1 unspecified atom stereocenters. The van der Waals surface area contributed by atoms with Gasteiger partial charge in [-0.05, 0) is 31.9 Å². The third-order valence-corrected chi connectivity index (χ3v) is 3.97. The summed E-state index contributed by atoms with van der Waals surface area (Å²) in [6.45, 7) is 3.03. The van der Waals surface area contributed by atoms with Crippen LogP contribution in [0.25, 0.3) is 0 Å².